The fourth-order valence-corrected chi connectivity index (χ4v) is 4.00. The molecule has 0 amide bonds. The van der Waals surface area contributed by atoms with Gasteiger partial charge in [0, 0.05) is 28.6 Å². The van der Waals surface area contributed by atoms with E-state index in [0.29, 0.717) is 34.7 Å². The number of ether oxygens (including phenoxy) is 1. The summed E-state index contributed by atoms with van der Waals surface area (Å²) < 4.78 is 7.23. The smallest absolute Gasteiger partial charge is 0.211 e. The molecule has 0 spiro atoms. The first-order valence-corrected chi connectivity index (χ1v) is 9.11. The Labute approximate surface area is 162 Å². The molecule has 136 valence electrons. The molecule has 0 N–H and O–H groups in total. The van der Waals surface area contributed by atoms with Gasteiger partial charge in [-0.2, -0.15) is 0 Å². The minimum Gasteiger partial charge on any atom is -0.497 e. The number of rotatable bonds is 3. The maximum atomic E-state index is 13.5. The fraction of sp³-hybridized carbons (Fsp3) is 0.0833. The minimum atomic E-state index is -0.143. The lowest BCUT2D eigenvalue weighted by atomic mass is 9.86. The molecule has 4 aromatic rings. The molecule has 1 aromatic heterocycles. The summed E-state index contributed by atoms with van der Waals surface area (Å²) in [6.07, 6.45) is 0. The van der Waals surface area contributed by atoms with Gasteiger partial charge in [-0.1, -0.05) is 48.5 Å². The molecule has 5 rings (SSSR count). The van der Waals surface area contributed by atoms with Gasteiger partial charge in [-0.3, -0.25) is 9.59 Å². The number of benzene rings is 3. The highest BCUT2D eigenvalue weighted by atomic mass is 16.5. The van der Waals surface area contributed by atoms with Crippen LogP contribution in [0.5, 0.6) is 5.75 Å². The van der Waals surface area contributed by atoms with E-state index >= 15 is 0 Å². The fourth-order valence-electron chi connectivity index (χ4n) is 4.00. The number of para-hydroxylation sites is 1. The van der Waals surface area contributed by atoms with Crippen LogP contribution in [0.4, 0.5) is 0 Å². The van der Waals surface area contributed by atoms with Crippen molar-refractivity contribution in [3.05, 3.63) is 101 Å². The molecular formula is C24H17NO3. The van der Waals surface area contributed by atoms with Crippen molar-refractivity contribution in [1.82, 2.24) is 4.57 Å². The molecule has 1 heterocycles. The van der Waals surface area contributed by atoms with E-state index in [4.69, 9.17) is 4.74 Å². The molecule has 0 bridgehead atoms. The lowest BCUT2D eigenvalue weighted by Crippen LogP contribution is -2.23. The number of hydrogen-bond donors (Lipinski definition) is 0. The molecule has 0 fully saturated rings. The monoisotopic (exact) mass is 367 g/mol. The van der Waals surface area contributed by atoms with E-state index < -0.39 is 0 Å². The molecule has 0 saturated heterocycles. The van der Waals surface area contributed by atoms with Crippen molar-refractivity contribution in [2.45, 2.75) is 6.54 Å². The lowest BCUT2D eigenvalue weighted by Gasteiger charge is -2.18. The van der Waals surface area contributed by atoms with Crippen molar-refractivity contribution in [2.24, 2.45) is 0 Å². The van der Waals surface area contributed by atoms with E-state index in [2.05, 4.69) is 0 Å². The molecule has 4 heteroatoms. The Morgan fingerprint density at radius 3 is 2.36 bits per heavy atom. The zero-order valence-corrected chi connectivity index (χ0v) is 15.3. The summed E-state index contributed by atoms with van der Waals surface area (Å²) >= 11 is 0. The summed E-state index contributed by atoms with van der Waals surface area (Å²) in [5.74, 6) is 0.306. The number of ketones is 2. The summed E-state index contributed by atoms with van der Waals surface area (Å²) in [6, 6.07) is 22.7. The Morgan fingerprint density at radius 2 is 1.57 bits per heavy atom. The van der Waals surface area contributed by atoms with Crippen molar-refractivity contribution in [2.75, 3.05) is 7.11 Å². The first-order chi connectivity index (χ1) is 13.7. The van der Waals surface area contributed by atoms with Gasteiger partial charge in [0.1, 0.15) is 11.4 Å². The van der Waals surface area contributed by atoms with Crippen LogP contribution in [-0.4, -0.2) is 23.2 Å². The summed E-state index contributed by atoms with van der Waals surface area (Å²) in [7, 11) is 1.55. The van der Waals surface area contributed by atoms with E-state index in [1.165, 1.54) is 0 Å². The molecule has 0 unspecified atom stereocenters. The van der Waals surface area contributed by atoms with Crippen molar-refractivity contribution in [3.8, 4) is 5.75 Å². The highest BCUT2D eigenvalue weighted by Gasteiger charge is 2.35. The SMILES string of the molecule is COc1ccc2c(c1)C(=O)c1c(c3ccccc3n1Cc1ccccc1)C2=O. The van der Waals surface area contributed by atoms with E-state index in [0.717, 1.165) is 16.5 Å². The molecule has 0 radical (unpaired) electrons. The maximum absolute atomic E-state index is 13.5. The Morgan fingerprint density at radius 1 is 0.821 bits per heavy atom. The number of aromatic nitrogens is 1. The van der Waals surface area contributed by atoms with Gasteiger partial charge in [0.2, 0.25) is 5.78 Å². The largest absolute Gasteiger partial charge is 0.497 e. The van der Waals surface area contributed by atoms with E-state index in [9.17, 15) is 9.59 Å². The number of hydrogen-bond acceptors (Lipinski definition) is 3. The summed E-state index contributed by atoms with van der Waals surface area (Å²) in [6.45, 7) is 0.523. The van der Waals surface area contributed by atoms with Gasteiger partial charge in [-0.25, -0.2) is 0 Å². The topological polar surface area (TPSA) is 48.3 Å². The van der Waals surface area contributed by atoms with Gasteiger partial charge < -0.3 is 9.30 Å². The first kappa shape index (κ1) is 16.5. The van der Waals surface area contributed by atoms with Crippen molar-refractivity contribution in [1.29, 1.82) is 0 Å². The molecule has 1 aliphatic rings. The molecule has 0 aliphatic heterocycles. The van der Waals surface area contributed by atoms with Gasteiger partial charge >= 0.3 is 0 Å². The highest BCUT2D eigenvalue weighted by Crippen LogP contribution is 2.36. The predicted molar refractivity (Wildman–Crippen MR) is 107 cm³/mol. The van der Waals surface area contributed by atoms with Crippen molar-refractivity contribution < 1.29 is 14.3 Å². The highest BCUT2D eigenvalue weighted by molar-refractivity contribution is 6.32. The zero-order chi connectivity index (χ0) is 19.3. The van der Waals surface area contributed by atoms with Crippen LogP contribution in [0.25, 0.3) is 10.9 Å². The number of fused-ring (bicyclic) bond motifs is 4. The van der Waals surface area contributed by atoms with Crippen LogP contribution < -0.4 is 4.74 Å². The summed E-state index contributed by atoms with van der Waals surface area (Å²) in [4.78, 5) is 26.8. The third kappa shape index (κ3) is 2.31. The Bertz CT molecular complexity index is 1250. The second kappa shape index (κ2) is 6.20. The second-order valence-electron chi connectivity index (χ2n) is 6.88. The van der Waals surface area contributed by atoms with Crippen LogP contribution in [0, 0.1) is 0 Å². The zero-order valence-electron chi connectivity index (χ0n) is 15.3. The lowest BCUT2D eigenvalue weighted by molar-refractivity contribution is 0.0974. The number of nitrogens with zero attached hydrogens (tertiary/aromatic N) is 1. The standard InChI is InChI=1S/C24H17NO3/c1-28-16-11-12-17-19(13-16)24(27)22-21(23(17)26)18-9-5-6-10-20(18)25(22)14-15-7-3-2-4-8-15/h2-13H,14H2,1H3. The van der Waals surface area contributed by atoms with Gasteiger partial charge in [0.05, 0.1) is 12.7 Å². The van der Waals surface area contributed by atoms with Crippen molar-refractivity contribution >= 4 is 22.5 Å². The van der Waals surface area contributed by atoms with Crippen LogP contribution >= 0.6 is 0 Å². The predicted octanol–water partition coefficient (Wildman–Crippen LogP) is 4.47. The van der Waals surface area contributed by atoms with Crippen LogP contribution in [0.2, 0.25) is 0 Å². The van der Waals surface area contributed by atoms with Gasteiger partial charge in [0.15, 0.2) is 5.78 Å². The van der Waals surface area contributed by atoms with Crippen LogP contribution in [-0.2, 0) is 6.54 Å². The summed E-state index contributed by atoms with van der Waals surface area (Å²) in [5.41, 5.74) is 3.74. The normalized spacial score (nSPS) is 12.8. The molecule has 0 saturated carbocycles. The summed E-state index contributed by atoms with van der Waals surface area (Å²) in [5, 5.41) is 0.813. The van der Waals surface area contributed by atoms with Gasteiger partial charge in [-0.15, -0.1) is 0 Å². The van der Waals surface area contributed by atoms with E-state index in [1.807, 2.05) is 59.2 Å². The molecule has 3 aromatic carbocycles. The second-order valence-corrected chi connectivity index (χ2v) is 6.88. The Balaban J connectivity index is 1.79. The average Bonchev–Trinajstić information content (AvgIpc) is 3.07. The third-order valence-corrected chi connectivity index (χ3v) is 5.31. The van der Waals surface area contributed by atoms with Crippen molar-refractivity contribution in [3.63, 3.8) is 0 Å². The van der Waals surface area contributed by atoms with E-state index in [-0.39, 0.29) is 11.6 Å². The van der Waals surface area contributed by atoms with Gasteiger partial charge in [-0.05, 0) is 29.8 Å². The molecule has 0 atom stereocenters. The molecule has 4 nitrogen and oxygen atoms in total. The molecule has 1 aliphatic carbocycles. The Kier molecular flexibility index (Phi) is 3.66. The van der Waals surface area contributed by atoms with Crippen LogP contribution in [0.1, 0.15) is 37.5 Å². The number of methoxy groups -OCH3 is 1. The van der Waals surface area contributed by atoms with E-state index in [1.54, 1.807) is 25.3 Å². The van der Waals surface area contributed by atoms with Crippen LogP contribution in [0.3, 0.4) is 0 Å². The molecular weight excluding hydrogens is 350 g/mol. The Hall–Kier alpha value is -3.66. The third-order valence-electron chi connectivity index (χ3n) is 5.31. The van der Waals surface area contributed by atoms with Crippen LogP contribution in [0.15, 0.2) is 72.8 Å². The quantitative estimate of drug-likeness (QED) is 0.473. The average molecular weight is 367 g/mol. The first-order valence-electron chi connectivity index (χ1n) is 9.11. The number of carbonyl (C=O) groups excluding carboxylic acids is 2. The maximum Gasteiger partial charge on any atom is 0.211 e. The number of carbonyl (C=O) groups is 2. The minimum absolute atomic E-state index is 0.115. The molecule has 28 heavy (non-hydrogen) atoms. The van der Waals surface area contributed by atoms with Gasteiger partial charge in [0.25, 0.3) is 0 Å².